The molecule has 1 heterocycles. The summed E-state index contributed by atoms with van der Waals surface area (Å²) in [6.45, 7) is 0.762. The zero-order chi connectivity index (χ0) is 13.9. The number of methoxy groups -OCH3 is 1. The second kappa shape index (κ2) is 7.01. The maximum Gasteiger partial charge on any atom is 0.252 e. The molecule has 1 aromatic heterocycles. The van der Waals surface area contributed by atoms with E-state index < -0.39 is 10.0 Å². The molecule has 1 aromatic rings. The second-order valence-corrected chi connectivity index (χ2v) is 9.87. The van der Waals surface area contributed by atoms with Crippen LogP contribution in [0, 0.1) is 0 Å². The van der Waals surface area contributed by atoms with E-state index >= 15 is 0 Å². The first kappa shape index (κ1) is 16.9. The van der Waals surface area contributed by atoms with Gasteiger partial charge in [0.2, 0.25) is 0 Å². The van der Waals surface area contributed by atoms with Gasteiger partial charge in [-0.25, -0.2) is 8.42 Å². The predicted octanol–water partition coefficient (Wildman–Crippen LogP) is 3.19. The summed E-state index contributed by atoms with van der Waals surface area (Å²) in [5, 5.41) is 0.402. The Hall–Kier alpha value is 0.820. The molecule has 0 N–H and O–H groups in total. The highest BCUT2D eigenvalue weighted by Gasteiger charge is 2.25. The Morgan fingerprint density at radius 3 is 2.67 bits per heavy atom. The van der Waals surface area contributed by atoms with E-state index in [4.69, 9.17) is 16.3 Å². The monoisotopic (exact) mass is 439 g/mol. The van der Waals surface area contributed by atoms with Gasteiger partial charge in [-0.1, -0.05) is 27.5 Å². The van der Waals surface area contributed by atoms with E-state index in [0.29, 0.717) is 22.0 Å². The predicted molar refractivity (Wildman–Crippen MR) is 81.4 cm³/mol. The molecule has 1 rings (SSSR count). The van der Waals surface area contributed by atoms with Gasteiger partial charge in [-0.05, 0) is 22.0 Å². The molecule has 0 aliphatic heterocycles. The lowest BCUT2D eigenvalue weighted by Gasteiger charge is -2.18. The van der Waals surface area contributed by atoms with E-state index in [1.54, 1.807) is 7.11 Å². The highest BCUT2D eigenvalue weighted by atomic mass is 79.9. The number of alkyl halides is 1. The van der Waals surface area contributed by atoms with Crippen LogP contribution in [0.15, 0.2) is 14.1 Å². The molecule has 4 nitrogen and oxygen atoms in total. The third kappa shape index (κ3) is 4.16. The molecule has 0 spiro atoms. The molecule has 0 aliphatic rings. The molecular formula is C9H12Br2ClNO3S2. The summed E-state index contributed by atoms with van der Waals surface area (Å²) in [6, 6.07) is 1.45. The fourth-order valence-corrected chi connectivity index (χ4v) is 5.93. The van der Waals surface area contributed by atoms with E-state index in [9.17, 15) is 8.42 Å². The van der Waals surface area contributed by atoms with Crippen molar-refractivity contribution < 1.29 is 13.2 Å². The molecule has 0 fully saturated rings. The molecule has 18 heavy (non-hydrogen) atoms. The number of hydrogen-bond acceptors (Lipinski definition) is 4. The van der Waals surface area contributed by atoms with Crippen molar-refractivity contribution in [1.82, 2.24) is 4.31 Å². The quantitative estimate of drug-likeness (QED) is 0.637. The SMILES string of the molecule is COCC(Br)CN(C)S(=O)(=O)c1cc(Cl)c(Br)s1. The lowest BCUT2D eigenvalue weighted by atomic mass is 10.4. The summed E-state index contributed by atoms with van der Waals surface area (Å²) < 4.78 is 31.5. The Morgan fingerprint density at radius 1 is 1.61 bits per heavy atom. The van der Waals surface area contributed by atoms with Crippen molar-refractivity contribution in [3.8, 4) is 0 Å². The van der Waals surface area contributed by atoms with Crippen molar-refractivity contribution in [2.45, 2.75) is 9.04 Å². The van der Waals surface area contributed by atoms with Crippen LogP contribution >= 0.6 is 54.8 Å². The lowest BCUT2D eigenvalue weighted by molar-refractivity contribution is 0.195. The van der Waals surface area contributed by atoms with E-state index in [2.05, 4.69) is 31.9 Å². The Bertz CT molecular complexity index is 486. The minimum atomic E-state index is -3.50. The van der Waals surface area contributed by atoms with Crippen molar-refractivity contribution in [1.29, 1.82) is 0 Å². The maximum absolute atomic E-state index is 12.2. The average Bonchev–Trinajstić information content (AvgIpc) is 2.60. The van der Waals surface area contributed by atoms with Crippen LogP contribution in [0.3, 0.4) is 0 Å². The van der Waals surface area contributed by atoms with Crippen molar-refractivity contribution in [3.63, 3.8) is 0 Å². The van der Waals surface area contributed by atoms with Crippen LogP contribution in [0.25, 0.3) is 0 Å². The van der Waals surface area contributed by atoms with E-state index in [0.717, 1.165) is 11.3 Å². The molecule has 0 bridgehead atoms. The van der Waals surface area contributed by atoms with Gasteiger partial charge in [0.15, 0.2) is 0 Å². The minimum Gasteiger partial charge on any atom is -0.383 e. The summed E-state index contributed by atoms with van der Waals surface area (Å²) in [4.78, 5) is -0.0545. The van der Waals surface area contributed by atoms with Gasteiger partial charge >= 0.3 is 0 Å². The number of halogens is 3. The number of ether oxygens (including phenoxy) is 1. The molecule has 1 atom stereocenters. The smallest absolute Gasteiger partial charge is 0.252 e. The third-order valence-electron chi connectivity index (χ3n) is 2.09. The zero-order valence-electron chi connectivity index (χ0n) is 9.69. The van der Waals surface area contributed by atoms with Crippen LogP contribution in [0.2, 0.25) is 5.02 Å². The summed E-state index contributed by atoms with van der Waals surface area (Å²) in [5.74, 6) is 0. The Kier molecular flexibility index (Phi) is 6.57. The van der Waals surface area contributed by atoms with Crippen LogP contribution in [0.1, 0.15) is 0 Å². The zero-order valence-corrected chi connectivity index (χ0v) is 15.3. The molecule has 9 heteroatoms. The molecule has 1 unspecified atom stereocenters. The largest absolute Gasteiger partial charge is 0.383 e. The minimum absolute atomic E-state index is 0.0545. The van der Waals surface area contributed by atoms with Crippen LogP contribution in [-0.2, 0) is 14.8 Å². The van der Waals surface area contributed by atoms with Gasteiger partial charge in [0.05, 0.1) is 20.2 Å². The first-order valence-electron chi connectivity index (χ1n) is 4.83. The van der Waals surface area contributed by atoms with Gasteiger partial charge in [0.1, 0.15) is 4.21 Å². The van der Waals surface area contributed by atoms with Crippen LogP contribution in [0.5, 0.6) is 0 Å². The van der Waals surface area contributed by atoms with Gasteiger partial charge in [-0.2, -0.15) is 4.31 Å². The molecule has 0 aliphatic carbocycles. The average molecular weight is 442 g/mol. The van der Waals surface area contributed by atoms with E-state index in [-0.39, 0.29) is 9.04 Å². The summed E-state index contributed by atoms with van der Waals surface area (Å²) >= 11 is 13.5. The first-order valence-corrected chi connectivity index (χ1v) is 9.17. The first-order chi connectivity index (χ1) is 8.28. The van der Waals surface area contributed by atoms with Crippen LogP contribution in [-0.4, -0.2) is 44.9 Å². The Labute approximate surface area is 133 Å². The maximum atomic E-state index is 12.2. The summed E-state index contributed by atoms with van der Waals surface area (Å²) in [7, 11) is -0.405. The summed E-state index contributed by atoms with van der Waals surface area (Å²) in [5.41, 5.74) is 0. The topological polar surface area (TPSA) is 46.6 Å². The van der Waals surface area contributed by atoms with Crippen molar-refractivity contribution in [3.05, 3.63) is 14.9 Å². The fourth-order valence-electron chi connectivity index (χ4n) is 1.22. The second-order valence-electron chi connectivity index (χ2n) is 3.53. The third-order valence-corrected chi connectivity index (χ3v) is 7.39. The van der Waals surface area contributed by atoms with Crippen LogP contribution < -0.4 is 0 Å². The van der Waals surface area contributed by atoms with Gasteiger partial charge in [-0.3, -0.25) is 0 Å². The number of sulfonamides is 1. The van der Waals surface area contributed by atoms with Crippen molar-refractivity contribution in [2.75, 3.05) is 27.3 Å². The fraction of sp³-hybridized carbons (Fsp3) is 0.556. The van der Waals surface area contributed by atoms with E-state index in [1.807, 2.05) is 0 Å². The Balaban J connectivity index is 2.86. The number of nitrogens with zero attached hydrogens (tertiary/aromatic N) is 1. The Morgan fingerprint density at radius 2 is 2.22 bits per heavy atom. The van der Waals surface area contributed by atoms with Crippen LogP contribution in [0.4, 0.5) is 0 Å². The number of rotatable bonds is 6. The molecule has 0 saturated carbocycles. The highest BCUT2D eigenvalue weighted by Crippen LogP contribution is 2.35. The molecule has 104 valence electrons. The normalized spacial score (nSPS) is 14.1. The van der Waals surface area contributed by atoms with Gasteiger partial charge in [0.25, 0.3) is 10.0 Å². The van der Waals surface area contributed by atoms with Crippen molar-refractivity contribution >= 4 is 64.8 Å². The van der Waals surface area contributed by atoms with E-state index in [1.165, 1.54) is 17.4 Å². The number of thiophene rings is 1. The van der Waals surface area contributed by atoms with Gasteiger partial charge in [0, 0.05) is 20.7 Å². The molecule has 0 saturated heterocycles. The highest BCUT2D eigenvalue weighted by molar-refractivity contribution is 9.11. The van der Waals surface area contributed by atoms with Gasteiger partial charge in [-0.15, -0.1) is 11.3 Å². The standard InChI is InChI=1S/C9H12Br2ClNO3S2/c1-13(4-6(10)5-16-2)18(14,15)8-3-7(12)9(11)17-8/h3,6H,4-5H2,1-2H3. The van der Waals surface area contributed by atoms with Gasteiger partial charge < -0.3 is 4.74 Å². The lowest BCUT2D eigenvalue weighted by Crippen LogP contribution is -2.33. The number of hydrogen-bond donors (Lipinski definition) is 0. The molecule has 0 radical (unpaired) electrons. The molecular weight excluding hydrogens is 429 g/mol. The summed E-state index contributed by atoms with van der Waals surface area (Å²) in [6.07, 6.45) is 0. The molecule has 0 aromatic carbocycles. The van der Waals surface area contributed by atoms with Crippen molar-refractivity contribution in [2.24, 2.45) is 0 Å². The molecule has 0 amide bonds.